The molecule has 0 unspecified atom stereocenters. The molecule has 1 heterocycles. The van der Waals surface area contributed by atoms with E-state index >= 15 is 0 Å². The molecule has 0 saturated heterocycles. The third-order valence-electron chi connectivity index (χ3n) is 6.94. The van der Waals surface area contributed by atoms with Crippen LogP contribution in [0.5, 0.6) is 0 Å². The van der Waals surface area contributed by atoms with E-state index in [1.54, 1.807) is 0 Å². The van der Waals surface area contributed by atoms with E-state index in [2.05, 4.69) is 115 Å². The van der Waals surface area contributed by atoms with Gasteiger partial charge in [0.2, 0.25) is 0 Å². The summed E-state index contributed by atoms with van der Waals surface area (Å²) in [5.41, 5.74) is 9.68. The maximum Gasteiger partial charge on any atom is 0.185 e. The van der Waals surface area contributed by atoms with Crippen molar-refractivity contribution in [3.05, 3.63) is 154 Å². The van der Waals surface area contributed by atoms with Gasteiger partial charge in [0, 0.05) is 28.2 Å². The zero-order valence-corrected chi connectivity index (χ0v) is 17.0. The molecule has 146 valence electrons. The molecule has 4 aliphatic rings. The van der Waals surface area contributed by atoms with Crippen LogP contribution in [0.4, 0.5) is 0 Å². The highest BCUT2D eigenvalue weighted by Crippen LogP contribution is 2.65. The van der Waals surface area contributed by atoms with Gasteiger partial charge in [-0.2, -0.15) is 0 Å². The number of hydrogen-bond donors (Lipinski definition) is 0. The van der Waals surface area contributed by atoms with Gasteiger partial charge in [-0.1, -0.05) is 109 Å². The van der Waals surface area contributed by atoms with Crippen LogP contribution >= 0.6 is 0 Å². The van der Waals surface area contributed by atoms with Crippen LogP contribution in [0.25, 0.3) is 11.3 Å². The number of benzene rings is 4. The summed E-state index contributed by atoms with van der Waals surface area (Å²) >= 11 is 0. The van der Waals surface area contributed by atoms with E-state index in [1.165, 1.54) is 39.0 Å². The summed E-state index contributed by atoms with van der Waals surface area (Å²) in [4.78, 5) is 0. The van der Waals surface area contributed by atoms with Crippen molar-refractivity contribution < 1.29 is 4.74 Å². The van der Waals surface area contributed by atoms with E-state index in [-0.39, 0.29) is 5.92 Å². The minimum atomic E-state index is -0.599. The van der Waals surface area contributed by atoms with Crippen LogP contribution in [0.3, 0.4) is 0 Å². The van der Waals surface area contributed by atoms with Crippen molar-refractivity contribution in [2.45, 2.75) is 11.5 Å². The predicted molar refractivity (Wildman–Crippen MR) is 124 cm³/mol. The smallest absolute Gasteiger partial charge is 0.185 e. The van der Waals surface area contributed by atoms with Crippen molar-refractivity contribution in [3.63, 3.8) is 0 Å². The SMILES string of the molecule is C1=C(c2ccccc2)OC23C1=C(c1ccccc1)C(c1ccccc12)c1ccccc13. The van der Waals surface area contributed by atoms with Crippen molar-refractivity contribution >= 4 is 11.3 Å². The largest absolute Gasteiger partial charge is 0.472 e. The first-order valence-electron chi connectivity index (χ1n) is 10.8. The summed E-state index contributed by atoms with van der Waals surface area (Å²) in [6.45, 7) is 0. The first-order chi connectivity index (χ1) is 15.4. The second-order valence-corrected chi connectivity index (χ2v) is 8.46. The number of hydrogen-bond acceptors (Lipinski definition) is 1. The molecule has 31 heavy (non-hydrogen) atoms. The van der Waals surface area contributed by atoms with Gasteiger partial charge in [-0.05, 0) is 28.3 Å². The molecule has 0 atom stereocenters. The Kier molecular flexibility index (Phi) is 3.32. The van der Waals surface area contributed by atoms with Crippen molar-refractivity contribution in [1.82, 2.24) is 0 Å². The fourth-order valence-electron chi connectivity index (χ4n) is 5.75. The molecule has 3 aliphatic carbocycles. The molecule has 2 bridgehead atoms. The summed E-state index contributed by atoms with van der Waals surface area (Å²) in [6, 6.07) is 38.9. The van der Waals surface area contributed by atoms with E-state index in [9.17, 15) is 0 Å². The van der Waals surface area contributed by atoms with Gasteiger partial charge in [0.05, 0.1) is 0 Å². The van der Waals surface area contributed by atoms with Gasteiger partial charge in [0.15, 0.2) is 5.60 Å². The topological polar surface area (TPSA) is 9.23 Å². The molecule has 0 amide bonds. The molecule has 0 aromatic heterocycles. The Balaban J connectivity index is 1.61. The molecular formula is C30H20O. The minimum absolute atomic E-state index is 0.210. The Morgan fingerprint density at radius 1 is 0.548 bits per heavy atom. The van der Waals surface area contributed by atoms with E-state index in [0.717, 1.165) is 11.3 Å². The Hall–Kier alpha value is -3.84. The van der Waals surface area contributed by atoms with Crippen molar-refractivity contribution in [2.24, 2.45) is 0 Å². The van der Waals surface area contributed by atoms with E-state index < -0.39 is 5.60 Å². The maximum absolute atomic E-state index is 7.03. The lowest BCUT2D eigenvalue weighted by Gasteiger charge is -2.48. The van der Waals surface area contributed by atoms with Gasteiger partial charge in [0.25, 0.3) is 0 Å². The lowest BCUT2D eigenvalue weighted by Crippen LogP contribution is -2.41. The third-order valence-corrected chi connectivity index (χ3v) is 6.94. The lowest BCUT2D eigenvalue weighted by atomic mass is 9.58. The zero-order chi connectivity index (χ0) is 20.4. The van der Waals surface area contributed by atoms with Gasteiger partial charge >= 0.3 is 0 Å². The van der Waals surface area contributed by atoms with Crippen molar-refractivity contribution in [2.75, 3.05) is 0 Å². The van der Waals surface area contributed by atoms with Gasteiger partial charge in [-0.3, -0.25) is 0 Å². The number of allylic oxidation sites excluding steroid dienone is 1. The first kappa shape index (κ1) is 16.9. The molecule has 4 aromatic carbocycles. The van der Waals surface area contributed by atoms with Crippen molar-refractivity contribution in [1.29, 1.82) is 0 Å². The Morgan fingerprint density at radius 2 is 1.06 bits per heavy atom. The van der Waals surface area contributed by atoms with Crippen LogP contribution in [-0.2, 0) is 10.3 Å². The van der Waals surface area contributed by atoms with Gasteiger partial charge in [-0.15, -0.1) is 0 Å². The quantitative estimate of drug-likeness (QED) is 0.357. The van der Waals surface area contributed by atoms with Crippen LogP contribution in [0.15, 0.2) is 121 Å². The summed E-state index contributed by atoms with van der Waals surface area (Å²) in [5.74, 6) is 1.15. The molecule has 1 aliphatic heterocycles. The molecular weight excluding hydrogens is 376 g/mol. The van der Waals surface area contributed by atoms with E-state index in [1.807, 2.05) is 0 Å². The standard InChI is InChI=1S/C30H20O/c1-3-11-20(12-4-1)27-19-26-28(21-13-5-2-6-14-21)29-22-15-7-9-17-24(22)30(26,31-27)25-18-10-8-16-23(25)29/h1-19,29H. The molecule has 0 saturated carbocycles. The summed E-state index contributed by atoms with van der Waals surface area (Å²) in [5, 5.41) is 0. The Bertz CT molecular complexity index is 1350. The Labute approximate surface area is 182 Å². The van der Waals surface area contributed by atoms with Gasteiger partial charge < -0.3 is 4.74 Å². The van der Waals surface area contributed by atoms with Crippen LogP contribution < -0.4 is 0 Å². The number of ether oxygens (including phenoxy) is 1. The van der Waals surface area contributed by atoms with Gasteiger partial charge in [0.1, 0.15) is 5.76 Å². The fraction of sp³-hybridized carbons (Fsp3) is 0.0667. The second kappa shape index (κ2) is 6.09. The molecule has 4 aromatic rings. The summed E-state index contributed by atoms with van der Waals surface area (Å²) in [7, 11) is 0. The van der Waals surface area contributed by atoms with E-state index in [0.29, 0.717) is 0 Å². The summed E-state index contributed by atoms with van der Waals surface area (Å²) < 4.78 is 7.03. The van der Waals surface area contributed by atoms with Crippen LogP contribution in [0.2, 0.25) is 0 Å². The average molecular weight is 396 g/mol. The molecule has 0 N–H and O–H groups in total. The second-order valence-electron chi connectivity index (χ2n) is 8.46. The Morgan fingerprint density at radius 3 is 1.68 bits per heavy atom. The molecule has 1 heteroatoms. The van der Waals surface area contributed by atoms with Crippen LogP contribution in [-0.4, -0.2) is 0 Å². The molecule has 0 radical (unpaired) electrons. The van der Waals surface area contributed by atoms with Crippen molar-refractivity contribution in [3.8, 4) is 0 Å². The van der Waals surface area contributed by atoms with Gasteiger partial charge in [-0.25, -0.2) is 0 Å². The maximum atomic E-state index is 7.03. The average Bonchev–Trinajstić information content (AvgIpc) is 3.27. The monoisotopic (exact) mass is 396 g/mol. The number of rotatable bonds is 2. The lowest BCUT2D eigenvalue weighted by molar-refractivity contribution is 0.126. The van der Waals surface area contributed by atoms with E-state index in [4.69, 9.17) is 4.74 Å². The first-order valence-corrected chi connectivity index (χ1v) is 10.8. The zero-order valence-electron chi connectivity index (χ0n) is 17.0. The normalized spacial score (nSPS) is 22.3. The van der Waals surface area contributed by atoms with Crippen LogP contribution in [0, 0.1) is 0 Å². The predicted octanol–water partition coefficient (Wildman–Crippen LogP) is 6.91. The molecule has 1 nitrogen and oxygen atoms in total. The molecule has 0 fully saturated rings. The highest BCUT2D eigenvalue weighted by atomic mass is 16.5. The molecule has 1 spiro atoms. The molecule has 8 rings (SSSR count). The minimum Gasteiger partial charge on any atom is -0.472 e. The van der Waals surface area contributed by atoms with Crippen LogP contribution in [0.1, 0.15) is 39.3 Å². The highest BCUT2D eigenvalue weighted by molar-refractivity contribution is 5.92. The fourth-order valence-corrected chi connectivity index (χ4v) is 5.75. The third kappa shape index (κ3) is 2.11. The highest BCUT2D eigenvalue weighted by Gasteiger charge is 2.57. The summed E-state index contributed by atoms with van der Waals surface area (Å²) in [6.07, 6.45) is 2.29.